The Morgan fingerprint density at radius 3 is 2.53 bits per heavy atom. The number of nitrogens with one attached hydrogen (secondary N) is 2. The first-order chi connectivity index (χ1) is 17.2. The van der Waals surface area contributed by atoms with E-state index in [0.717, 1.165) is 42.5 Å². The standard InChI is InChI=1S/C28H41N5O3/c1-28(2,3)26(32-36)27(35)31-33(19-25(34)23(29)17-20-9-5-4-6-10-20)18-21-12-14-22(15-13-21)24-11-7-8-16-30-24/h4-5,7-8,11-16,20,23,25-26,32,34,36H,6,9-10,17-19,29H2,1-3H3,(H,31,35)/t20-,23?,25?,26?/m1/s1. The summed E-state index contributed by atoms with van der Waals surface area (Å²) in [5.41, 5.74) is 13.7. The van der Waals surface area contributed by atoms with Gasteiger partial charge in [0.25, 0.3) is 5.91 Å². The second kappa shape index (κ2) is 13.1. The number of benzene rings is 1. The first kappa shape index (κ1) is 28.0. The Bertz CT molecular complexity index is 975. The second-order valence-electron chi connectivity index (χ2n) is 10.8. The van der Waals surface area contributed by atoms with Gasteiger partial charge in [0.1, 0.15) is 6.04 Å². The molecule has 8 heteroatoms. The molecule has 1 aromatic heterocycles. The molecule has 0 bridgehead atoms. The number of pyridine rings is 1. The summed E-state index contributed by atoms with van der Waals surface area (Å²) in [5.74, 6) is 0.0824. The molecular formula is C28H41N5O3. The largest absolute Gasteiger partial charge is 0.390 e. The SMILES string of the molecule is CC(C)(C)C(NO)C(=O)NN(Cc1ccc(-c2ccccn2)cc1)CC(O)C(N)C[C@@H]1CC=CCC1. The Balaban J connectivity index is 1.71. The van der Waals surface area contributed by atoms with E-state index in [2.05, 4.69) is 28.0 Å². The molecule has 1 aromatic carbocycles. The van der Waals surface area contributed by atoms with E-state index < -0.39 is 23.6 Å². The third-order valence-corrected chi connectivity index (χ3v) is 6.70. The highest BCUT2D eigenvalue weighted by Gasteiger charge is 2.32. The minimum absolute atomic E-state index is 0.166. The fourth-order valence-corrected chi connectivity index (χ4v) is 4.52. The maximum atomic E-state index is 13.0. The predicted octanol–water partition coefficient (Wildman–Crippen LogP) is 3.41. The molecule has 4 atom stereocenters. The van der Waals surface area contributed by atoms with Gasteiger partial charge in [-0.25, -0.2) is 5.01 Å². The number of aliphatic hydroxyl groups excluding tert-OH is 1. The summed E-state index contributed by atoms with van der Waals surface area (Å²) in [7, 11) is 0. The van der Waals surface area contributed by atoms with Crippen LogP contribution in [0.1, 0.15) is 52.0 Å². The molecule has 6 N–H and O–H groups in total. The molecule has 3 rings (SSSR count). The topological polar surface area (TPSA) is 124 Å². The summed E-state index contributed by atoms with van der Waals surface area (Å²) in [6.07, 6.45) is 9.16. The van der Waals surface area contributed by atoms with E-state index in [4.69, 9.17) is 5.73 Å². The summed E-state index contributed by atoms with van der Waals surface area (Å²) in [6, 6.07) is 12.5. The van der Waals surface area contributed by atoms with Crippen LogP contribution < -0.4 is 16.6 Å². The Morgan fingerprint density at radius 2 is 1.94 bits per heavy atom. The van der Waals surface area contributed by atoms with Gasteiger partial charge in [0.15, 0.2) is 0 Å². The lowest BCUT2D eigenvalue weighted by atomic mass is 9.87. The van der Waals surface area contributed by atoms with E-state index in [1.807, 2.05) is 63.2 Å². The summed E-state index contributed by atoms with van der Waals surface area (Å²) in [5, 5.41) is 22.2. The fraction of sp³-hybridized carbons (Fsp3) is 0.500. The average Bonchev–Trinajstić information content (AvgIpc) is 2.85. The van der Waals surface area contributed by atoms with Crippen molar-refractivity contribution in [1.82, 2.24) is 20.9 Å². The van der Waals surface area contributed by atoms with Gasteiger partial charge in [-0.15, -0.1) is 0 Å². The van der Waals surface area contributed by atoms with Gasteiger partial charge in [0.05, 0.1) is 11.8 Å². The zero-order chi connectivity index (χ0) is 26.1. The first-order valence-corrected chi connectivity index (χ1v) is 12.7. The molecule has 0 fully saturated rings. The number of amides is 1. The number of nitrogens with zero attached hydrogens (tertiary/aromatic N) is 2. The van der Waals surface area contributed by atoms with Gasteiger partial charge in [0.2, 0.25) is 0 Å². The number of allylic oxidation sites excluding steroid dienone is 2. The maximum absolute atomic E-state index is 13.0. The fourth-order valence-electron chi connectivity index (χ4n) is 4.52. The van der Waals surface area contributed by atoms with Crippen LogP contribution in [0.25, 0.3) is 11.3 Å². The molecule has 0 saturated heterocycles. The van der Waals surface area contributed by atoms with Crippen molar-refractivity contribution in [1.29, 1.82) is 0 Å². The number of hydrogen-bond donors (Lipinski definition) is 5. The van der Waals surface area contributed by atoms with Gasteiger partial charge in [-0.1, -0.05) is 63.3 Å². The van der Waals surface area contributed by atoms with Crippen molar-refractivity contribution in [3.05, 3.63) is 66.4 Å². The van der Waals surface area contributed by atoms with Crippen LogP contribution in [-0.4, -0.2) is 50.9 Å². The van der Waals surface area contributed by atoms with E-state index in [-0.39, 0.29) is 12.5 Å². The van der Waals surface area contributed by atoms with Gasteiger partial charge < -0.3 is 16.0 Å². The Labute approximate surface area is 214 Å². The molecule has 196 valence electrons. The molecule has 0 radical (unpaired) electrons. The van der Waals surface area contributed by atoms with Crippen LogP contribution in [-0.2, 0) is 11.3 Å². The molecule has 2 aromatic rings. The molecule has 1 aliphatic carbocycles. The lowest BCUT2D eigenvalue weighted by Crippen LogP contribution is -2.57. The van der Waals surface area contributed by atoms with Crippen LogP contribution in [0.2, 0.25) is 0 Å². The zero-order valence-corrected chi connectivity index (χ0v) is 21.6. The van der Waals surface area contributed by atoms with Crippen molar-refractivity contribution in [3.8, 4) is 11.3 Å². The number of carbonyl (C=O) groups excluding carboxylic acids is 1. The first-order valence-electron chi connectivity index (χ1n) is 12.7. The Morgan fingerprint density at radius 1 is 1.19 bits per heavy atom. The van der Waals surface area contributed by atoms with Crippen LogP contribution in [0.4, 0.5) is 0 Å². The minimum atomic E-state index is -0.827. The average molecular weight is 496 g/mol. The summed E-state index contributed by atoms with van der Waals surface area (Å²) in [6.45, 7) is 6.13. The molecule has 8 nitrogen and oxygen atoms in total. The number of carbonyl (C=O) groups is 1. The number of aliphatic hydroxyl groups is 1. The van der Waals surface area contributed by atoms with Crippen molar-refractivity contribution in [3.63, 3.8) is 0 Å². The van der Waals surface area contributed by atoms with Crippen LogP contribution in [0.5, 0.6) is 0 Å². The van der Waals surface area contributed by atoms with Crippen molar-refractivity contribution >= 4 is 5.91 Å². The van der Waals surface area contributed by atoms with Crippen molar-refractivity contribution < 1.29 is 15.1 Å². The Hall–Kier alpha value is -2.62. The number of rotatable bonds is 11. The summed E-state index contributed by atoms with van der Waals surface area (Å²) < 4.78 is 0. The lowest BCUT2D eigenvalue weighted by molar-refractivity contribution is -0.135. The van der Waals surface area contributed by atoms with Crippen LogP contribution in [0, 0.1) is 11.3 Å². The van der Waals surface area contributed by atoms with E-state index in [0.29, 0.717) is 12.5 Å². The maximum Gasteiger partial charge on any atom is 0.254 e. The van der Waals surface area contributed by atoms with Gasteiger partial charge in [0, 0.05) is 30.9 Å². The smallest absolute Gasteiger partial charge is 0.254 e. The van der Waals surface area contributed by atoms with Crippen molar-refractivity contribution in [2.24, 2.45) is 17.1 Å². The minimum Gasteiger partial charge on any atom is -0.390 e. The molecule has 1 heterocycles. The summed E-state index contributed by atoms with van der Waals surface area (Å²) >= 11 is 0. The highest BCUT2D eigenvalue weighted by atomic mass is 16.5. The van der Waals surface area contributed by atoms with E-state index in [1.54, 1.807) is 11.2 Å². The van der Waals surface area contributed by atoms with Gasteiger partial charge in [-0.2, -0.15) is 5.48 Å². The number of aromatic nitrogens is 1. The number of hydroxylamine groups is 1. The molecular weight excluding hydrogens is 454 g/mol. The van der Waals surface area contributed by atoms with Crippen molar-refractivity contribution in [2.45, 2.75) is 71.2 Å². The number of hydrogen-bond acceptors (Lipinski definition) is 7. The van der Waals surface area contributed by atoms with Crippen molar-refractivity contribution in [2.75, 3.05) is 6.54 Å². The highest BCUT2D eigenvalue weighted by molar-refractivity contribution is 5.82. The van der Waals surface area contributed by atoms with Gasteiger partial charge >= 0.3 is 0 Å². The van der Waals surface area contributed by atoms with Crippen LogP contribution in [0.15, 0.2) is 60.8 Å². The normalized spacial score (nSPS) is 18.6. The third kappa shape index (κ3) is 8.21. The molecule has 1 aliphatic rings. The van der Waals surface area contributed by atoms with Crippen LogP contribution in [0.3, 0.4) is 0 Å². The molecule has 3 unspecified atom stereocenters. The quantitative estimate of drug-likeness (QED) is 0.239. The third-order valence-electron chi connectivity index (χ3n) is 6.70. The van der Waals surface area contributed by atoms with Gasteiger partial charge in [-0.3, -0.25) is 15.2 Å². The monoisotopic (exact) mass is 495 g/mol. The molecule has 1 amide bonds. The van der Waals surface area contributed by atoms with E-state index in [1.165, 1.54) is 0 Å². The molecule has 0 saturated carbocycles. The molecule has 0 spiro atoms. The summed E-state index contributed by atoms with van der Waals surface area (Å²) in [4.78, 5) is 17.4. The predicted molar refractivity (Wildman–Crippen MR) is 141 cm³/mol. The molecule has 0 aliphatic heterocycles. The zero-order valence-electron chi connectivity index (χ0n) is 21.6. The van der Waals surface area contributed by atoms with E-state index in [9.17, 15) is 15.1 Å². The highest BCUT2D eigenvalue weighted by Crippen LogP contribution is 2.24. The lowest BCUT2D eigenvalue weighted by Gasteiger charge is -2.33. The van der Waals surface area contributed by atoms with E-state index >= 15 is 0 Å². The van der Waals surface area contributed by atoms with Gasteiger partial charge in [-0.05, 0) is 54.7 Å². The molecule has 36 heavy (non-hydrogen) atoms. The number of hydrazine groups is 1. The second-order valence-corrected chi connectivity index (χ2v) is 10.8. The van der Waals surface area contributed by atoms with Crippen LogP contribution >= 0.6 is 0 Å². The Kier molecular flexibility index (Phi) is 10.2. The number of nitrogens with two attached hydrogens (primary N) is 1.